The number of benzene rings is 2. The van der Waals surface area contributed by atoms with E-state index in [0.717, 1.165) is 11.1 Å². The summed E-state index contributed by atoms with van der Waals surface area (Å²) in [5.74, 6) is 0.493. The molecule has 4 nitrogen and oxygen atoms in total. The molecule has 1 heterocycles. The smallest absolute Gasteiger partial charge is 0.220 e. The first-order valence-corrected chi connectivity index (χ1v) is 8.82. The fourth-order valence-corrected chi connectivity index (χ4v) is 3.03. The Kier molecular flexibility index (Phi) is 6.23. The van der Waals surface area contributed by atoms with Crippen molar-refractivity contribution in [2.45, 2.75) is 24.9 Å². The lowest BCUT2D eigenvalue weighted by atomic mass is 9.88. The fourth-order valence-electron chi connectivity index (χ4n) is 3.03. The lowest BCUT2D eigenvalue weighted by Gasteiger charge is -2.18. The number of carbonyl (C=O) groups is 1. The van der Waals surface area contributed by atoms with Gasteiger partial charge in [-0.15, -0.1) is 0 Å². The number of rotatable bonds is 8. The third-order valence-corrected chi connectivity index (χ3v) is 4.40. The third kappa shape index (κ3) is 4.83. The number of amides is 1. The molecule has 0 aliphatic rings. The molecule has 1 atom stereocenters. The molecule has 0 spiro atoms. The van der Waals surface area contributed by atoms with Crippen LogP contribution in [-0.2, 0) is 4.79 Å². The normalized spacial score (nSPS) is 12.1. The Labute approximate surface area is 153 Å². The van der Waals surface area contributed by atoms with Gasteiger partial charge < -0.3 is 14.8 Å². The van der Waals surface area contributed by atoms with Gasteiger partial charge in [0.05, 0.1) is 6.26 Å². The van der Waals surface area contributed by atoms with Gasteiger partial charge in [0, 0.05) is 18.9 Å². The van der Waals surface area contributed by atoms with Crippen LogP contribution in [0.2, 0.25) is 0 Å². The first-order chi connectivity index (χ1) is 12.7. The minimum atomic E-state index is -0.704. The number of carbonyl (C=O) groups excluding carboxylic acids is 1. The number of aliphatic hydroxyl groups excluding tert-OH is 1. The average Bonchev–Trinajstić information content (AvgIpc) is 3.22. The van der Waals surface area contributed by atoms with Crippen LogP contribution < -0.4 is 5.32 Å². The SMILES string of the molecule is O=C(CC(c1ccccc1)c1ccccc1)NCC[C@H](O)c1ccco1. The number of hydrogen-bond acceptors (Lipinski definition) is 3. The molecule has 134 valence electrons. The molecule has 0 fully saturated rings. The topological polar surface area (TPSA) is 62.5 Å². The lowest BCUT2D eigenvalue weighted by molar-refractivity contribution is -0.121. The molecule has 0 aliphatic heterocycles. The minimum Gasteiger partial charge on any atom is -0.467 e. The Morgan fingerprint density at radius 3 is 2.08 bits per heavy atom. The lowest BCUT2D eigenvalue weighted by Crippen LogP contribution is -2.27. The number of hydrogen-bond donors (Lipinski definition) is 2. The van der Waals surface area contributed by atoms with Crippen molar-refractivity contribution in [1.29, 1.82) is 0 Å². The van der Waals surface area contributed by atoms with Crippen molar-refractivity contribution in [2.75, 3.05) is 6.54 Å². The molecular formula is C22H23NO3. The van der Waals surface area contributed by atoms with Crippen LogP contribution >= 0.6 is 0 Å². The largest absolute Gasteiger partial charge is 0.467 e. The van der Waals surface area contributed by atoms with Gasteiger partial charge in [-0.05, 0) is 29.7 Å². The van der Waals surface area contributed by atoms with Crippen molar-refractivity contribution in [3.05, 3.63) is 95.9 Å². The van der Waals surface area contributed by atoms with E-state index in [0.29, 0.717) is 25.1 Å². The standard InChI is InChI=1S/C22H23NO3/c24-20(21-12-7-15-26-21)13-14-23-22(25)16-19(17-8-3-1-4-9-17)18-10-5-2-6-11-18/h1-12,15,19-20,24H,13-14,16H2,(H,23,25)/t20-/m0/s1. The second-order valence-electron chi connectivity index (χ2n) is 6.25. The zero-order chi connectivity index (χ0) is 18.2. The van der Waals surface area contributed by atoms with E-state index >= 15 is 0 Å². The predicted molar refractivity (Wildman–Crippen MR) is 101 cm³/mol. The van der Waals surface area contributed by atoms with Gasteiger partial charge in [0.25, 0.3) is 0 Å². The molecule has 1 aromatic heterocycles. The Morgan fingerprint density at radius 1 is 0.923 bits per heavy atom. The molecule has 3 aromatic rings. The van der Waals surface area contributed by atoms with Gasteiger partial charge >= 0.3 is 0 Å². The molecule has 0 radical (unpaired) electrons. The molecule has 0 saturated heterocycles. The summed E-state index contributed by atoms with van der Waals surface area (Å²) in [6, 6.07) is 23.6. The maximum Gasteiger partial charge on any atom is 0.220 e. The van der Waals surface area contributed by atoms with Gasteiger partial charge in [0.1, 0.15) is 11.9 Å². The van der Waals surface area contributed by atoms with Crippen LogP contribution in [0.4, 0.5) is 0 Å². The van der Waals surface area contributed by atoms with Crippen LogP contribution in [0.15, 0.2) is 83.5 Å². The van der Waals surface area contributed by atoms with Gasteiger partial charge in [0.2, 0.25) is 5.91 Å². The molecule has 2 N–H and O–H groups in total. The number of nitrogens with one attached hydrogen (secondary N) is 1. The van der Waals surface area contributed by atoms with Gasteiger partial charge in [-0.3, -0.25) is 4.79 Å². The van der Waals surface area contributed by atoms with Crippen molar-refractivity contribution in [3.63, 3.8) is 0 Å². The van der Waals surface area contributed by atoms with Gasteiger partial charge in [-0.1, -0.05) is 60.7 Å². The maximum absolute atomic E-state index is 12.5. The third-order valence-electron chi connectivity index (χ3n) is 4.40. The summed E-state index contributed by atoms with van der Waals surface area (Å²) >= 11 is 0. The van der Waals surface area contributed by atoms with Crippen LogP contribution in [0.1, 0.15) is 41.8 Å². The zero-order valence-electron chi connectivity index (χ0n) is 14.5. The average molecular weight is 349 g/mol. The van der Waals surface area contributed by atoms with Gasteiger partial charge in [0.15, 0.2) is 0 Å². The molecule has 1 amide bonds. The van der Waals surface area contributed by atoms with Crippen LogP contribution in [0, 0.1) is 0 Å². The molecular weight excluding hydrogens is 326 g/mol. The van der Waals surface area contributed by atoms with E-state index in [-0.39, 0.29) is 11.8 Å². The van der Waals surface area contributed by atoms with E-state index in [4.69, 9.17) is 4.42 Å². The van der Waals surface area contributed by atoms with Gasteiger partial charge in [-0.25, -0.2) is 0 Å². The Morgan fingerprint density at radius 2 is 1.54 bits per heavy atom. The van der Waals surface area contributed by atoms with Crippen molar-refractivity contribution in [3.8, 4) is 0 Å². The molecule has 0 saturated carbocycles. The Hall–Kier alpha value is -2.85. The molecule has 2 aromatic carbocycles. The molecule has 4 heteroatoms. The summed E-state index contributed by atoms with van der Waals surface area (Å²) < 4.78 is 5.17. The summed E-state index contributed by atoms with van der Waals surface area (Å²) in [5.41, 5.74) is 2.23. The van der Waals surface area contributed by atoms with Crippen LogP contribution in [0.5, 0.6) is 0 Å². The van der Waals surface area contributed by atoms with Crippen molar-refractivity contribution in [2.24, 2.45) is 0 Å². The highest BCUT2D eigenvalue weighted by Crippen LogP contribution is 2.27. The number of furan rings is 1. The highest BCUT2D eigenvalue weighted by Gasteiger charge is 2.18. The van der Waals surface area contributed by atoms with Crippen molar-refractivity contribution < 1.29 is 14.3 Å². The van der Waals surface area contributed by atoms with Crippen molar-refractivity contribution >= 4 is 5.91 Å². The quantitative estimate of drug-likeness (QED) is 0.645. The second-order valence-corrected chi connectivity index (χ2v) is 6.25. The molecule has 0 aliphatic carbocycles. The van der Waals surface area contributed by atoms with Crippen LogP contribution in [0.25, 0.3) is 0 Å². The predicted octanol–water partition coefficient (Wildman–Crippen LogP) is 4.04. The first kappa shape index (κ1) is 18.0. The first-order valence-electron chi connectivity index (χ1n) is 8.82. The Bertz CT molecular complexity index is 745. The minimum absolute atomic E-state index is 0.00685. The summed E-state index contributed by atoms with van der Waals surface area (Å²) in [6.45, 7) is 0.400. The van der Waals surface area contributed by atoms with E-state index in [1.807, 2.05) is 60.7 Å². The van der Waals surface area contributed by atoms with E-state index in [9.17, 15) is 9.90 Å². The highest BCUT2D eigenvalue weighted by atomic mass is 16.4. The van der Waals surface area contributed by atoms with Gasteiger partial charge in [-0.2, -0.15) is 0 Å². The van der Waals surface area contributed by atoms with Crippen LogP contribution in [-0.4, -0.2) is 17.6 Å². The molecule has 26 heavy (non-hydrogen) atoms. The van der Waals surface area contributed by atoms with E-state index < -0.39 is 6.10 Å². The number of aliphatic hydroxyl groups is 1. The summed E-state index contributed by atoms with van der Waals surface area (Å²) in [5, 5.41) is 12.9. The fraction of sp³-hybridized carbons (Fsp3) is 0.227. The molecule has 0 unspecified atom stereocenters. The van der Waals surface area contributed by atoms with E-state index in [2.05, 4.69) is 5.32 Å². The summed E-state index contributed by atoms with van der Waals surface area (Å²) in [4.78, 5) is 12.5. The monoisotopic (exact) mass is 349 g/mol. The molecule has 0 bridgehead atoms. The van der Waals surface area contributed by atoms with E-state index in [1.165, 1.54) is 6.26 Å². The molecule has 3 rings (SSSR count). The van der Waals surface area contributed by atoms with Crippen LogP contribution in [0.3, 0.4) is 0 Å². The second kappa shape index (κ2) is 9.02. The summed E-state index contributed by atoms with van der Waals surface area (Å²) in [6.07, 6.45) is 1.61. The summed E-state index contributed by atoms with van der Waals surface area (Å²) in [7, 11) is 0. The zero-order valence-corrected chi connectivity index (χ0v) is 14.5. The highest BCUT2D eigenvalue weighted by molar-refractivity contribution is 5.77. The van der Waals surface area contributed by atoms with E-state index in [1.54, 1.807) is 12.1 Å². The maximum atomic E-state index is 12.5. The van der Waals surface area contributed by atoms with Crippen molar-refractivity contribution in [1.82, 2.24) is 5.32 Å². The Balaban J connectivity index is 1.59.